The molecule has 1 aromatic heterocycles. The third kappa shape index (κ3) is 2.67. The molecule has 0 aliphatic carbocycles. The Bertz CT molecular complexity index is 470. The van der Waals surface area contributed by atoms with Crippen LogP contribution in [0.25, 0.3) is 0 Å². The van der Waals surface area contributed by atoms with Gasteiger partial charge in [0.2, 0.25) is 0 Å². The first-order valence-electron chi connectivity index (χ1n) is 4.88. The van der Waals surface area contributed by atoms with Gasteiger partial charge >= 0.3 is 0 Å². The van der Waals surface area contributed by atoms with Crippen LogP contribution in [0.2, 0.25) is 5.02 Å². The summed E-state index contributed by atoms with van der Waals surface area (Å²) >= 11 is 9.52. The average molecular weight is 301 g/mol. The fourth-order valence-corrected chi connectivity index (χ4v) is 2.21. The quantitative estimate of drug-likeness (QED) is 0.932. The highest BCUT2D eigenvalue weighted by Crippen LogP contribution is 2.27. The van der Waals surface area contributed by atoms with Gasteiger partial charge in [-0.05, 0) is 41.8 Å². The summed E-state index contributed by atoms with van der Waals surface area (Å²) < 4.78 is 5.99. The molecular weight excluding hydrogens is 289 g/mol. The lowest BCUT2D eigenvalue weighted by molar-refractivity contribution is 0.561. The van der Waals surface area contributed by atoms with Gasteiger partial charge in [0.1, 0.15) is 0 Å². The van der Waals surface area contributed by atoms with E-state index in [4.69, 9.17) is 21.8 Å². The van der Waals surface area contributed by atoms with E-state index in [2.05, 4.69) is 15.9 Å². The van der Waals surface area contributed by atoms with Gasteiger partial charge in [-0.15, -0.1) is 0 Å². The molecule has 1 unspecified atom stereocenters. The molecule has 16 heavy (non-hydrogen) atoms. The van der Waals surface area contributed by atoms with Crippen LogP contribution in [-0.4, -0.2) is 0 Å². The summed E-state index contributed by atoms with van der Waals surface area (Å²) in [4.78, 5) is 0. The summed E-state index contributed by atoms with van der Waals surface area (Å²) in [7, 11) is 0. The molecule has 0 aliphatic rings. The highest BCUT2D eigenvalue weighted by atomic mass is 79.9. The summed E-state index contributed by atoms with van der Waals surface area (Å²) in [5, 5.41) is 0.694. The lowest BCUT2D eigenvalue weighted by atomic mass is 10.0. The zero-order valence-corrected chi connectivity index (χ0v) is 10.8. The number of rotatable bonds is 3. The summed E-state index contributed by atoms with van der Waals surface area (Å²) in [6.07, 6.45) is 4.06. The van der Waals surface area contributed by atoms with Crippen molar-refractivity contribution in [2.75, 3.05) is 0 Å². The summed E-state index contributed by atoms with van der Waals surface area (Å²) in [6, 6.07) is 7.48. The highest BCUT2D eigenvalue weighted by molar-refractivity contribution is 9.10. The molecule has 0 bridgehead atoms. The maximum Gasteiger partial charge on any atom is 0.0935 e. The van der Waals surface area contributed by atoms with Crippen molar-refractivity contribution in [3.05, 3.63) is 57.4 Å². The molecule has 0 fully saturated rings. The molecule has 0 spiro atoms. The molecule has 0 saturated heterocycles. The smallest absolute Gasteiger partial charge is 0.0935 e. The van der Waals surface area contributed by atoms with Gasteiger partial charge in [-0.1, -0.05) is 27.5 Å². The Morgan fingerprint density at radius 2 is 2.19 bits per heavy atom. The maximum absolute atomic E-state index is 6.11. The second kappa shape index (κ2) is 5.04. The number of hydrogen-bond donors (Lipinski definition) is 1. The molecule has 2 nitrogen and oxygen atoms in total. The Hall–Kier alpha value is -0.770. The third-order valence-electron chi connectivity index (χ3n) is 2.39. The van der Waals surface area contributed by atoms with Crippen LogP contribution in [0.4, 0.5) is 0 Å². The molecule has 1 atom stereocenters. The predicted octanol–water partition coefficient (Wildman–Crippen LogP) is 3.94. The minimum Gasteiger partial charge on any atom is -0.472 e. The lowest BCUT2D eigenvalue weighted by Crippen LogP contribution is -2.13. The van der Waals surface area contributed by atoms with Crippen LogP contribution in [0.3, 0.4) is 0 Å². The van der Waals surface area contributed by atoms with E-state index in [1.807, 2.05) is 24.3 Å². The third-order valence-corrected chi connectivity index (χ3v) is 3.23. The van der Waals surface area contributed by atoms with Crippen molar-refractivity contribution in [3.63, 3.8) is 0 Å². The zero-order valence-electron chi connectivity index (χ0n) is 8.49. The van der Waals surface area contributed by atoms with Gasteiger partial charge in [-0.2, -0.15) is 0 Å². The molecule has 0 radical (unpaired) electrons. The van der Waals surface area contributed by atoms with Crippen molar-refractivity contribution < 1.29 is 4.42 Å². The molecule has 0 saturated carbocycles. The van der Waals surface area contributed by atoms with Crippen molar-refractivity contribution in [1.82, 2.24) is 0 Å². The van der Waals surface area contributed by atoms with E-state index in [0.29, 0.717) is 11.4 Å². The van der Waals surface area contributed by atoms with Gasteiger partial charge in [0.15, 0.2) is 0 Å². The molecule has 0 amide bonds. The van der Waals surface area contributed by atoms with E-state index in [0.717, 1.165) is 15.6 Å². The van der Waals surface area contributed by atoms with Gasteiger partial charge in [0, 0.05) is 15.5 Å². The van der Waals surface area contributed by atoms with Gasteiger partial charge in [0.05, 0.1) is 12.5 Å². The first kappa shape index (κ1) is 11.7. The van der Waals surface area contributed by atoms with Gasteiger partial charge in [0.25, 0.3) is 0 Å². The molecule has 0 aliphatic heterocycles. The Morgan fingerprint density at radius 1 is 1.38 bits per heavy atom. The van der Waals surface area contributed by atoms with Crippen LogP contribution in [0.15, 0.2) is 45.7 Å². The highest BCUT2D eigenvalue weighted by Gasteiger charge is 2.12. The first-order chi connectivity index (χ1) is 7.66. The average Bonchev–Trinajstić information content (AvgIpc) is 2.74. The van der Waals surface area contributed by atoms with Gasteiger partial charge in [-0.3, -0.25) is 0 Å². The Kier molecular flexibility index (Phi) is 3.69. The van der Waals surface area contributed by atoms with E-state index in [1.165, 1.54) is 0 Å². The van der Waals surface area contributed by atoms with Gasteiger partial charge in [-0.25, -0.2) is 0 Å². The number of furan rings is 1. The minimum atomic E-state index is -0.123. The fraction of sp³-hybridized carbons (Fsp3) is 0.167. The van der Waals surface area contributed by atoms with Crippen LogP contribution < -0.4 is 5.73 Å². The summed E-state index contributed by atoms with van der Waals surface area (Å²) in [5.41, 5.74) is 8.12. The van der Waals surface area contributed by atoms with Crippen molar-refractivity contribution in [1.29, 1.82) is 0 Å². The fourth-order valence-electron chi connectivity index (χ4n) is 1.57. The predicted molar refractivity (Wildman–Crippen MR) is 68.5 cm³/mol. The maximum atomic E-state index is 6.11. The van der Waals surface area contributed by atoms with E-state index in [-0.39, 0.29) is 6.04 Å². The van der Waals surface area contributed by atoms with Crippen LogP contribution >= 0.6 is 27.5 Å². The number of nitrogens with two attached hydrogens (primary N) is 1. The topological polar surface area (TPSA) is 39.2 Å². The van der Waals surface area contributed by atoms with E-state index in [9.17, 15) is 0 Å². The summed E-state index contributed by atoms with van der Waals surface area (Å²) in [5.74, 6) is 0. The Balaban J connectivity index is 2.20. The Labute approximate surface area is 108 Å². The first-order valence-corrected chi connectivity index (χ1v) is 6.05. The van der Waals surface area contributed by atoms with Crippen LogP contribution in [-0.2, 0) is 6.42 Å². The van der Waals surface area contributed by atoms with Crippen molar-refractivity contribution in [3.8, 4) is 0 Å². The Morgan fingerprint density at radius 3 is 2.88 bits per heavy atom. The second-order valence-electron chi connectivity index (χ2n) is 3.61. The van der Waals surface area contributed by atoms with Crippen molar-refractivity contribution in [2.24, 2.45) is 5.73 Å². The molecule has 1 heterocycles. The van der Waals surface area contributed by atoms with Crippen LogP contribution in [0.5, 0.6) is 0 Å². The van der Waals surface area contributed by atoms with Crippen molar-refractivity contribution in [2.45, 2.75) is 12.5 Å². The second-order valence-corrected chi connectivity index (χ2v) is 4.93. The van der Waals surface area contributed by atoms with E-state index in [1.54, 1.807) is 12.5 Å². The normalized spacial score (nSPS) is 12.7. The summed E-state index contributed by atoms with van der Waals surface area (Å²) in [6.45, 7) is 0. The lowest BCUT2D eigenvalue weighted by Gasteiger charge is -2.13. The number of hydrogen-bond acceptors (Lipinski definition) is 2. The molecule has 2 rings (SSSR count). The van der Waals surface area contributed by atoms with E-state index < -0.39 is 0 Å². The van der Waals surface area contributed by atoms with Crippen LogP contribution in [0, 0.1) is 0 Å². The largest absolute Gasteiger partial charge is 0.472 e. The molecule has 1 aromatic carbocycles. The van der Waals surface area contributed by atoms with Crippen LogP contribution in [0.1, 0.15) is 17.2 Å². The molecule has 4 heteroatoms. The minimum absolute atomic E-state index is 0.123. The van der Waals surface area contributed by atoms with Gasteiger partial charge < -0.3 is 10.2 Å². The van der Waals surface area contributed by atoms with E-state index >= 15 is 0 Å². The molecular formula is C12H11BrClNO. The van der Waals surface area contributed by atoms with Crippen molar-refractivity contribution >= 4 is 27.5 Å². The molecule has 2 aromatic rings. The number of benzene rings is 1. The zero-order chi connectivity index (χ0) is 11.5. The molecule has 84 valence electrons. The monoisotopic (exact) mass is 299 g/mol. The SMILES string of the molecule is NC(Cc1ccoc1)c1cc(Br)ccc1Cl. The standard InChI is InChI=1S/C12H11BrClNO/c13-9-1-2-11(14)10(6-9)12(15)5-8-3-4-16-7-8/h1-4,6-7,12H,5,15H2. The number of halogens is 2. The molecule has 2 N–H and O–H groups in total.